The number of benzene rings is 2. The molecule has 1 amide bonds. The molecule has 23 heavy (non-hydrogen) atoms. The van der Waals surface area contributed by atoms with Crippen LogP contribution in [-0.4, -0.2) is 15.9 Å². The van der Waals surface area contributed by atoms with Gasteiger partial charge in [-0.3, -0.25) is 4.79 Å². The zero-order chi connectivity index (χ0) is 16.2. The summed E-state index contributed by atoms with van der Waals surface area (Å²) in [7, 11) is 0. The number of imidazole rings is 1. The molecule has 1 heterocycles. The highest BCUT2D eigenvalue weighted by molar-refractivity contribution is 5.77. The Kier molecular flexibility index (Phi) is 4.42. The third-order valence-electron chi connectivity index (χ3n) is 3.92. The Morgan fingerprint density at radius 3 is 2.61 bits per heavy atom. The molecule has 0 aliphatic heterocycles. The molecule has 0 unspecified atom stereocenters. The monoisotopic (exact) mass is 307 g/mol. The molecule has 0 saturated carbocycles. The van der Waals surface area contributed by atoms with Gasteiger partial charge in [0.15, 0.2) is 0 Å². The number of H-pyrrole nitrogens is 1. The average Bonchev–Trinajstić information content (AvgIpc) is 2.91. The molecule has 0 spiro atoms. The molecule has 4 heteroatoms. The van der Waals surface area contributed by atoms with Gasteiger partial charge in [0.05, 0.1) is 11.0 Å². The van der Waals surface area contributed by atoms with Crippen molar-refractivity contribution in [2.24, 2.45) is 0 Å². The summed E-state index contributed by atoms with van der Waals surface area (Å²) >= 11 is 0. The highest BCUT2D eigenvalue weighted by atomic mass is 16.1. The van der Waals surface area contributed by atoms with Gasteiger partial charge in [-0.25, -0.2) is 4.98 Å². The smallest absolute Gasteiger partial charge is 0.220 e. The molecule has 1 aromatic heterocycles. The van der Waals surface area contributed by atoms with Crippen LogP contribution in [0.1, 0.15) is 28.9 Å². The number of aromatic amines is 1. The van der Waals surface area contributed by atoms with E-state index in [-0.39, 0.29) is 5.91 Å². The number of fused-ring (bicyclic) bond motifs is 1. The lowest BCUT2D eigenvalue weighted by Crippen LogP contribution is -2.22. The molecule has 0 aliphatic rings. The number of aryl methyl sites for hydroxylation is 3. The van der Waals surface area contributed by atoms with Crippen LogP contribution in [0.2, 0.25) is 0 Å². The molecule has 0 saturated heterocycles. The first-order chi connectivity index (χ1) is 11.1. The minimum atomic E-state index is 0.0754. The van der Waals surface area contributed by atoms with Gasteiger partial charge in [-0.05, 0) is 43.5 Å². The molecule has 2 aromatic carbocycles. The second kappa shape index (κ2) is 6.65. The summed E-state index contributed by atoms with van der Waals surface area (Å²) in [6, 6.07) is 14.3. The van der Waals surface area contributed by atoms with E-state index in [0.717, 1.165) is 28.8 Å². The minimum absolute atomic E-state index is 0.0754. The van der Waals surface area contributed by atoms with Gasteiger partial charge in [0, 0.05) is 13.0 Å². The van der Waals surface area contributed by atoms with E-state index in [1.807, 2.05) is 25.1 Å². The zero-order valence-electron chi connectivity index (χ0n) is 13.5. The highest BCUT2D eigenvalue weighted by Crippen LogP contribution is 2.13. The third-order valence-corrected chi connectivity index (χ3v) is 3.92. The summed E-state index contributed by atoms with van der Waals surface area (Å²) in [6.07, 6.45) is 1.28. The Hall–Kier alpha value is -2.62. The van der Waals surface area contributed by atoms with Crippen LogP contribution in [0.4, 0.5) is 0 Å². The van der Waals surface area contributed by atoms with Crippen molar-refractivity contribution in [2.75, 3.05) is 0 Å². The van der Waals surface area contributed by atoms with Crippen LogP contribution in [0.5, 0.6) is 0 Å². The molecule has 118 valence electrons. The van der Waals surface area contributed by atoms with Crippen LogP contribution in [-0.2, 0) is 17.8 Å². The summed E-state index contributed by atoms with van der Waals surface area (Å²) < 4.78 is 0. The van der Waals surface area contributed by atoms with Crippen LogP contribution in [0.15, 0.2) is 42.5 Å². The van der Waals surface area contributed by atoms with Gasteiger partial charge in [0.25, 0.3) is 0 Å². The number of amides is 1. The second-order valence-corrected chi connectivity index (χ2v) is 5.94. The van der Waals surface area contributed by atoms with E-state index in [2.05, 4.69) is 46.5 Å². The predicted octanol–water partition coefficient (Wildman–Crippen LogP) is 3.43. The highest BCUT2D eigenvalue weighted by Gasteiger charge is 2.04. The van der Waals surface area contributed by atoms with Gasteiger partial charge in [-0.2, -0.15) is 0 Å². The maximum atomic E-state index is 12.0. The molecule has 3 aromatic rings. The Bertz CT molecular complexity index is 818. The molecular formula is C19H21N3O. The lowest BCUT2D eigenvalue weighted by Gasteiger charge is -2.06. The fourth-order valence-corrected chi connectivity index (χ4v) is 2.60. The summed E-state index contributed by atoms with van der Waals surface area (Å²) in [5, 5.41) is 2.98. The van der Waals surface area contributed by atoms with Crippen molar-refractivity contribution in [3.8, 4) is 0 Å². The van der Waals surface area contributed by atoms with Gasteiger partial charge in [0.2, 0.25) is 5.91 Å². The number of carbonyl (C=O) groups is 1. The van der Waals surface area contributed by atoms with Gasteiger partial charge in [-0.15, -0.1) is 0 Å². The Balaban J connectivity index is 1.52. The van der Waals surface area contributed by atoms with Crippen molar-refractivity contribution in [3.05, 3.63) is 65.0 Å². The van der Waals surface area contributed by atoms with E-state index in [9.17, 15) is 4.79 Å². The lowest BCUT2D eigenvalue weighted by atomic mass is 10.1. The Morgan fingerprint density at radius 1 is 1.09 bits per heavy atom. The first kappa shape index (κ1) is 15.3. The molecule has 3 rings (SSSR count). The van der Waals surface area contributed by atoms with Crippen molar-refractivity contribution in [1.82, 2.24) is 15.3 Å². The number of aromatic nitrogens is 2. The fraction of sp³-hybridized carbons (Fsp3) is 0.263. The minimum Gasteiger partial charge on any atom is -0.352 e. The number of nitrogens with zero attached hydrogens (tertiary/aromatic N) is 1. The van der Waals surface area contributed by atoms with Crippen molar-refractivity contribution in [2.45, 2.75) is 33.2 Å². The summed E-state index contributed by atoms with van der Waals surface area (Å²) in [5.41, 5.74) is 5.47. The maximum absolute atomic E-state index is 12.0. The quantitative estimate of drug-likeness (QED) is 0.758. The van der Waals surface area contributed by atoms with E-state index >= 15 is 0 Å². The normalized spacial score (nSPS) is 10.9. The van der Waals surface area contributed by atoms with Crippen molar-refractivity contribution >= 4 is 16.9 Å². The summed E-state index contributed by atoms with van der Waals surface area (Å²) in [4.78, 5) is 19.6. The van der Waals surface area contributed by atoms with Gasteiger partial charge < -0.3 is 10.3 Å². The number of rotatable bonds is 5. The molecule has 0 aliphatic carbocycles. The molecule has 0 bridgehead atoms. The van der Waals surface area contributed by atoms with Crippen LogP contribution < -0.4 is 5.32 Å². The topological polar surface area (TPSA) is 57.8 Å². The third kappa shape index (κ3) is 3.97. The average molecular weight is 307 g/mol. The molecule has 0 atom stereocenters. The summed E-state index contributed by atoms with van der Waals surface area (Å²) in [5.74, 6) is 0.978. The van der Waals surface area contributed by atoms with Crippen LogP contribution in [0.25, 0.3) is 11.0 Å². The van der Waals surface area contributed by atoms with Crippen LogP contribution in [0.3, 0.4) is 0 Å². The summed E-state index contributed by atoms with van der Waals surface area (Å²) in [6.45, 7) is 4.54. The van der Waals surface area contributed by atoms with E-state index in [1.54, 1.807) is 0 Å². The lowest BCUT2D eigenvalue weighted by molar-refractivity contribution is -0.121. The predicted molar refractivity (Wildman–Crippen MR) is 92.2 cm³/mol. The number of hydrogen-bond acceptors (Lipinski definition) is 2. The molecule has 0 fully saturated rings. The second-order valence-electron chi connectivity index (χ2n) is 5.94. The Morgan fingerprint density at radius 2 is 1.83 bits per heavy atom. The van der Waals surface area contributed by atoms with E-state index < -0.39 is 0 Å². The Labute approximate surface area is 136 Å². The van der Waals surface area contributed by atoms with E-state index in [1.165, 1.54) is 11.1 Å². The van der Waals surface area contributed by atoms with Crippen molar-refractivity contribution in [3.63, 3.8) is 0 Å². The first-order valence-corrected chi connectivity index (χ1v) is 7.87. The van der Waals surface area contributed by atoms with Gasteiger partial charge >= 0.3 is 0 Å². The fourth-order valence-electron chi connectivity index (χ4n) is 2.60. The number of nitrogens with one attached hydrogen (secondary N) is 2. The first-order valence-electron chi connectivity index (χ1n) is 7.87. The molecular weight excluding hydrogens is 286 g/mol. The van der Waals surface area contributed by atoms with Crippen LogP contribution in [0, 0.1) is 13.8 Å². The largest absolute Gasteiger partial charge is 0.352 e. The molecule has 0 radical (unpaired) electrons. The number of carbonyl (C=O) groups excluding carboxylic acids is 1. The molecule has 4 nitrogen and oxygen atoms in total. The van der Waals surface area contributed by atoms with Crippen LogP contribution >= 0.6 is 0 Å². The number of hydrogen-bond donors (Lipinski definition) is 2. The SMILES string of the molecule is Cc1ccc(CCC(=O)NCc2ccc3nc(C)[nH]c3c2)cc1. The van der Waals surface area contributed by atoms with Gasteiger partial charge in [0.1, 0.15) is 5.82 Å². The maximum Gasteiger partial charge on any atom is 0.220 e. The van der Waals surface area contributed by atoms with E-state index in [4.69, 9.17) is 0 Å². The van der Waals surface area contributed by atoms with Crippen molar-refractivity contribution < 1.29 is 4.79 Å². The van der Waals surface area contributed by atoms with E-state index in [0.29, 0.717) is 13.0 Å². The zero-order valence-corrected chi connectivity index (χ0v) is 13.5. The standard InChI is InChI=1S/C19H21N3O/c1-13-3-5-15(6-4-13)8-10-19(23)20-12-16-7-9-17-18(11-16)22-14(2)21-17/h3-7,9,11H,8,10,12H2,1-2H3,(H,20,23)(H,21,22). The molecule has 2 N–H and O–H groups in total. The van der Waals surface area contributed by atoms with Gasteiger partial charge in [-0.1, -0.05) is 35.9 Å². The van der Waals surface area contributed by atoms with Crippen molar-refractivity contribution in [1.29, 1.82) is 0 Å².